The average molecular weight is 524 g/mol. The van der Waals surface area contributed by atoms with Gasteiger partial charge in [0.2, 0.25) is 0 Å². The highest BCUT2D eigenvalue weighted by molar-refractivity contribution is 7.17. The van der Waals surface area contributed by atoms with Crippen molar-refractivity contribution in [2.24, 2.45) is 10.7 Å². The molecule has 0 unspecified atom stereocenters. The summed E-state index contributed by atoms with van der Waals surface area (Å²) in [6.07, 6.45) is 2.55. The first-order valence-electron chi connectivity index (χ1n) is 12.0. The number of hydrogen-bond donors (Lipinski definition) is 2. The van der Waals surface area contributed by atoms with Crippen LogP contribution in [0.1, 0.15) is 23.4 Å². The Balaban J connectivity index is 1.43. The number of fused-ring (bicyclic) bond motifs is 1. The maximum Gasteiger partial charge on any atom is 0.250 e. The number of aryl methyl sites for hydroxylation is 1. The van der Waals surface area contributed by atoms with Gasteiger partial charge in [-0.25, -0.2) is 23.3 Å². The average Bonchev–Trinajstić information content (AvgIpc) is 3.46. The summed E-state index contributed by atoms with van der Waals surface area (Å²) in [7, 11) is 0. The molecule has 0 bridgehead atoms. The number of rotatable bonds is 8. The SMILES string of the molecule is Cc1nn2ccc(OCCN3CCC(F)(F)CC3)cc2c1-c1nc(-c2ccccc2)c(C(N)=NC=N)s1. The Hall–Kier alpha value is -3.70. The number of aliphatic imine (C=N–C) groups is 1. The largest absolute Gasteiger partial charge is 0.492 e. The van der Waals surface area contributed by atoms with Gasteiger partial charge in [0.15, 0.2) is 0 Å². The molecule has 1 aliphatic heterocycles. The van der Waals surface area contributed by atoms with E-state index in [0.717, 1.165) is 33.7 Å². The molecule has 11 heteroatoms. The number of nitrogens with zero attached hydrogens (tertiary/aromatic N) is 5. The standard InChI is InChI=1S/C26H27F2N7OS/c1-17-21(25-32-22(18-5-3-2-4-6-18)23(37-25)24(30)31-16-29)20-15-19(7-10-35(20)33-17)36-14-13-34-11-8-26(27,28)9-12-34/h2-7,10,15-16H,8-9,11-14H2,1H3,(H3,29,30,31). The molecule has 37 heavy (non-hydrogen) atoms. The normalized spacial score (nSPS) is 16.2. The zero-order valence-corrected chi connectivity index (χ0v) is 21.1. The van der Waals surface area contributed by atoms with Crippen LogP contribution in [0.25, 0.3) is 27.3 Å². The third-order valence-electron chi connectivity index (χ3n) is 6.37. The van der Waals surface area contributed by atoms with Crippen LogP contribution in [0.4, 0.5) is 8.78 Å². The zero-order valence-electron chi connectivity index (χ0n) is 20.3. The number of aromatic nitrogens is 3. The number of alkyl halides is 2. The number of pyridine rings is 1. The summed E-state index contributed by atoms with van der Waals surface area (Å²) in [5.41, 5.74) is 10.3. The maximum atomic E-state index is 13.4. The summed E-state index contributed by atoms with van der Waals surface area (Å²) in [4.78, 5) is 11.6. The summed E-state index contributed by atoms with van der Waals surface area (Å²) in [6, 6.07) is 13.5. The Morgan fingerprint density at radius 3 is 2.73 bits per heavy atom. The second-order valence-electron chi connectivity index (χ2n) is 8.90. The fourth-order valence-electron chi connectivity index (χ4n) is 4.42. The molecule has 4 heterocycles. The highest BCUT2D eigenvalue weighted by atomic mass is 32.1. The molecule has 0 amide bonds. The minimum atomic E-state index is -2.55. The Morgan fingerprint density at radius 1 is 1.24 bits per heavy atom. The second-order valence-corrected chi connectivity index (χ2v) is 9.90. The van der Waals surface area contributed by atoms with Crippen molar-refractivity contribution in [3.8, 4) is 27.6 Å². The van der Waals surface area contributed by atoms with Crippen molar-refractivity contribution >= 4 is 29.0 Å². The molecule has 5 rings (SSSR count). The molecule has 0 atom stereocenters. The van der Waals surface area contributed by atoms with E-state index in [1.807, 2.05) is 60.5 Å². The van der Waals surface area contributed by atoms with Crippen molar-refractivity contribution in [2.45, 2.75) is 25.7 Å². The van der Waals surface area contributed by atoms with Crippen molar-refractivity contribution in [1.82, 2.24) is 19.5 Å². The molecule has 0 aliphatic carbocycles. The molecule has 8 nitrogen and oxygen atoms in total. The van der Waals surface area contributed by atoms with Gasteiger partial charge >= 0.3 is 0 Å². The first-order valence-corrected chi connectivity index (χ1v) is 12.8. The van der Waals surface area contributed by atoms with Crippen LogP contribution in [-0.2, 0) is 0 Å². The molecule has 0 spiro atoms. The van der Waals surface area contributed by atoms with Gasteiger partial charge in [0.25, 0.3) is 5.92 Å². The third-order valence-corrected chi connectivity index (χ3v) is 7.47. The summed E-state index contributed by atoms with van der Waals surface area (Å²) in [5.74, 6) is -1.66. The van der Waals surface area contributed by atoms with Crippen molar-refractivity contribution in [2.75, 3.05) is 26.2 Å². The molecule has 1 saturated heterocycles. The van der Waals surface area contributed by atoms with E-state index >= 15 is 0 Å². The highest BCUT2D eigenvalue weighted by Gasteiger charge is 2.33. The van der Waals surface area contributed by atoms with Crippen LogP contribution >= 0.6 is 11.3 Å². The van der Waals surface area contributed by atoms with Gasteiger partial charge in [-0.3, -0.25) is 10.3 Å². The Bertz CT molecular complexity index is 1440. The van der Waals surface area contributed by atoms with Gasteiger partial charge in [0.1, 0.15) is 29.5 Å². The Morgan fingerprint density at radius 2 is 2.00 bits per heavy atom. The molecule has 4 aromatic rings. The Labute approximate surface area is 216 Å². The van der Waals surface area contributed by atoms with E-state index in [2.05, 4.69) is 10.1 Å². The maximum absolute atomic E-state index is 13.4. The molecule has 1 aromatic carbocycles. The van der Waals surface area contributed by atoms with Gasteiger partial charge in [-0.2, -0.15) is 5.10 Å². The van der Waals surface area contributed by atoms with E-state index in [-0.39, 0.29) is 18.7 Å². The van der Waals surface area contributed by atoms with Crippen LogP contribution in [0, 0.1) is 12.3 Å². The number of nitrogens with one attached hydrogen (secondary N) is 1. The number of benzene rings is 1. The second kappa shape index (κ2) is 10.3. The smallest absolute Gasteiger partial charge is 0.250 e. The van der Waals surface area contributed by atoms with Crippen LogP contribution in [0.15, 0.2) is 53.7 Å². The van der Waals surface area contributed by atoms with E-state index in [0.29, 0.717) is 42.6 Å². The topological polar surface area (TPSA) is 105 Å². The molecule has 1 fully saturated rings. The molecule has 0 saturated carbocycles. The van der Waals surface area contributed by atoms with Crippen molar-refractivity contribution in [1.29, 1.82) is 5.41 Å². The lowest BCUT2D eigenvalue weighted by molar-refractivity contribution is -0.0564. The van der Waals surface area contributed by atoms with Gasteiger partial charge < -0.3 is 10.5 Å². The van der Waals surface area contributed by atoms with E-state index in [4.69, 9.17) is 20.9 Å². The highest BCUT2D eigenvalue weighted by Crippen LogP contribution is 2.38. The van der Waals surface area contributed by atoms with Crippen LogP contribution < -0.4 is 10.5 Å². The van der Waals surface area contributed by atoms with Crippen molar-refractivity contribution in [3.63, 3.8) is 0 Å². The number of amidine groups is 1. The van der Waals surface area contributed by atoms with Crippen LogP contribution in [0.5, 0.6) is 5.75 Å². The number of thiazole rings is 1. The fourth-order valence-corrected chi connectivity index (χ4v) is 5.52. The lowest BCUT2D eigenvalue weighted by Crippen LogP contribution is -2.41. The summed E-state index contributed by atoms with van der Waals surface area (Å²) < 4.78 is 34.6. The first-order chi connectivity index (χ1) is 17.8. The monoisotopic (exact) mass is 523 g/mol. The summed E-state index contributed by atoms with van der Waals surface area (Å²) >= 11 is 1.40. The van der Waals surface area contributed by atoms with Crippen molar-refractivity contribution in [3.05, 3.63) is 59.2 Å². The molecular weight excluding hydrogens is 496 g/mol. The minimum Gasteiger partial charge on any atom is -0.492 e. The van der Waals surface area contributed by atoms with Crippen LogP contribution in [-0.4, -0.2) is 63.8 Å². The van der Waals surface area contributed by atoms with E-state index in [9.17, 15) is 8.78 Å². The molecule has 192 valence electrons. The van der Waals surface area contributed by atoms with E-state index < -0.39 is 5.92 Å². The molecule has 3 N–H and O–H groups in total. The number of hydrogen-bond acceptors (Lipinski definition) is 6. The lowest BCUT2D eigenvalue weighted by Gasteiger charge is -2.31. The van der Waals surface area contributed by atoms with E-state index in [1.54, 1.807) is 4.52 Å². The van der Waals surface area contributed by atoms with Gasteiger partial charge in [-0.1, -0.05) is 30.3 Å². The van der Waals surface area contributed by atoms with E-state index in [1.165, 1.54) is 11.3 Å². The van der Waals surface area contributed by atoms with Gasteiger partial charge in [0.05, 0.1) is 27.3 Å². The van der Waals surface area contributed by atoms with Crippen molar-refractivity contribution < 1.29 is 13.5 Å². The Kier molecular flexibility index (Phi) is 6.98. The summed E-state index contributed by atoms with van der Waals surface area (Å²) in [5, 5.41) is 12.7. The van der Waals surface area contributed by atoms with Crippen LogP contribution in [0.2, 0.25) is 0 Å². The summed E-state index contributed by atoms with van der Waals surface area (Å²) in [6.45, 7) is 3.67. The predicted octanol–water partition coefficient (Wildman–Crippen LogP) is 4.86. The van der Waals surface area contributed by atoms with Gasteiger partial charge in [-0.05, 0) is 13.0 Å². The minimum absolute atomic E-state index is 0.104. The molecule has 1 aliphatic rings. The lowest BCUT2D eigenvalue weighted by atomic mass is 10.1. The number of nitrogens with two attached hydrogens (primary N) is 1. The van der Waals surface area contributed by atoms with Gasteiger partial charge in [-0.15, -0.1) is 11.3 Å². The predicted molar refractivity (Wildman–Crippen MR) is 142 cm³/mol. The zero-order chi connectivity index (χ0) is 26.0. The first kappa shape index (κ1) is 25.0. The van der Waals surface area contributed by atoms with Gasteiger partial charge in [0, 0.05) is 50.3 Å². The molecule has 0 radical (unpaired) electrons. The number of halogens is 2. The quantitative estimate of drug-likeness (QED) is 0.254. The third kappa shape index (κ3) is 5.37. The number of piperidine rings is 1. The van der Waals surface area contributed by atoms with Crippen LogP contribution in [0.3, 0.4) is 0 Å². The molecular formula is C26H27F2N7OS. The number of ether oxygens (including phenoxy) is 1. The number of likely N-dealkylation sites (tertiary alicyclic amines) is 1. The molecule has 3 aromatic heterocycles. The fraction of sp³-hybridized carbons (Fsp3) is 0.308.